The fraction of sp³-hybridized carbons (Fsp3) is 0.406. The number of nitrogens with zero attached hydrogens (tertiary/aromatic N) is 2. The van der Waals surface area contributed by atoms with Crippen LogP contribution in [0.3, 0.4) is 0 Å². The maximum absolute atomic E-state index is 10.7. The van der Waals surface area contributed by atoms with E-state index in [1.165, 1.54) is 0 Å². The molecule has 2 fully saturated rings. The zero-order valence-electron chi connectivity index (χ0n) is 22.1. The maximum atomic E-state index is 10.7. The van der Waals surface area contributed by atoms with Crippen molar-refractivity contribution in [1.29, 1.82) is 5.26 Å². The molecule has 0 N–H and O–H groups in total. The predicted octanol–water partition coefficient (Wildman–Crippen LogP) is 6.03. The van der Waals surface area contributed by atoms with Crippen LogP contribution in [0.25, 0.3) is 0 Å². The van der Waals surface area contributed by atoms with Crippen LogP contribution >= 0.6 is 0 Å². The zero-order valence-corrected chi connectivity index (χ0v) is 22.1. The molecule has 2 heterocycles. The number of morpholine rings is 1. The third kappa shape index (κ3) is 6.02. The summed E-state index contributed by atoms with van der Waals surface area (Å²) < 4.78 is 23.6. The molecule has 6 nitrogen and oxygen atoms in total. The summed E-state index contributed by atoms with van der Waals surface area (Å²) in [4.78, 5) is 2.27. The molecule has 0 radical (unpaired) electrons. The molecule has 5 rings (SSSR count). The molecular formula is C32H36N2O4. The van der Waals surface area contributed by atoms with Crippen molar-refractivity contribution >= 4 is 0 Å². The molecule has 0 saturated carbocycles. The monoisotopic (exact) mass is 512 g/mol. The first kappa shape index (κ1) is 26.2. The first-order chi connectivity index (χ1) is 18.7. The second kappa shape index (κ2) is 12.4. The quantitative estimate of drug-likeness (QED) is 0.349. The number of rotatable bonds is 9. The van der Waals surface area contributed by atoms with E-state index in [2.05, 4.69) is 35.2 Å². The lowest BCUT2D eigenvalue weighted by Gasteiger charge is -2.44. The van der Waals surface area contributed by atoms with Crippen molar-refractivity contribution in [3.05, 3.63) is 95.6 Å². The number of nitriles is 1. The van der Waals surface area contributed by atoms with E-state index in [1.54, 1.807) is 7.11 Å². The van der Waals surface area contributed by atoms with Crippen LogP contribution < -0.4 is 9.47 Å². The minimum absolute atomic E-state index is 0.0210. The second-order valence-electron chi connectivity index (χ2n) is 10.0. The summed E-state index contributed by atoms with van der Waals surface area (Å²) in [7, 11) is 1.68. The minimum Gasteiger partial charge on any atom is -0.497 e. The van der Waals surface area contributed by atoms with Crippen LogP contribution in [-0.2, 0) is 21.6 Å². The number of hydrogen-bond acceptors (Lipinski definition) is 6. The zero-order chi connectivity index (χ0) is 26.2. The summed E-state index contributed by atoms with van der Waals surface area (Å²) in [5.74, 6) is 1.63. The van der Waals surface area contributed by atoms with Crippen LogP contribution in [0.5, 0.6) is 11.5 Å². The molecule has 2 saturated heterocycles. The van der Waals surface area contributed by atoms with Crippen molar-refractivity contribution in [3.63, 3.8) is 0 Å². The van der Waals surface area contributed by atoms with E-state index in [9.17, 15) is 5.26 Å². The number of hydrogen-bond donors (Lipinski definition) is 0. The van der Waals surface area contributed by atoms with Crippen molar-refractivity contribution in [2.75, 3.05) is 33.4 Å². The Bertz CT molecular complexity index is 1190. The standard InChI is InChI=1S/C32H36N2O4/c1-35-28-14-10-26(11-15-28)31-9-5-8-30(38-31)22-32(24-33,34-18-20-36-21-19-34)27-12-16-29(17-13-27)37-23-25-6-3-2-4-7-25/h2-4,6-7,10-17,30-31H,5,8-9,18-23H2,1H3/t30-,31+,32?/m0/s1. The van der Waals surface area contributed by atoms with E-state index in [1.807, 2.05) is 54.6 Å². The summed E-state index contributed by atoms with van der Waals surface area (Å²) in [5, 5.41) is 10.7. The smallest absolute Gasteiger partial charge is 0.137 e. The Hall–Kier alpha value is -3.37. The highest BCUT2D eigenvalue weighted by Crippen LogP contribution is 2.40. The number of ether oxygens (including phenoxy) is 4. The third-order valence-corrected chi connectivity index (χ3v) is 7.68. The Morgan fingerprint density at radius 1 is 0.921 bits per heavy atom. The maximum Gasteiger partial charge on any atom is 0.137 e. The van der Waals surface area contributed by atoms with Gasteiger partial charge in [-0.1, -0.05) is 54.6 Å². The molecule has 2 aliphatic rings. The molecule has 1 unspecified atom stereocenters. The molecule has 3 aromatic carbocycles. The average Bonchev–Trinajstić information content (AvgIpc) is 3.00. The summed E-state index contributed by atoms with van der Waals surface area (Å²) in [5.41, 5.74) is 2.46. The Morgan fingerprint density at radius 3 is 2.32 bits per heavy atom. The molecule has 38 heavy (non-hydrogen) atoms. The molecule has 0 spiro atoms. The van der Waals surface area contributed by atoms with Gasteiger partial charge in [0.25, 0.3) is 0 Å². The van der Waals surface area contributed by atoms with Crippen molar-refractivity contribution in [1.82, 2.24) is 4.90 Å². The van der Waals surface area contributed by atoms with Crippen LogP contribution in [-0.4, -0.2) is 44.4 Å². The highest BCUT2D eigenvalue weighted by Gasteiger charge is 2.43. The van der Waals surface area contributed by atoms with Crippen LogP contribution in [0.4, 0.5) is 0 Å². The van der Waals surface area contributed by atoms with E-state index in [0.29, 0.717) is 39.3 Å². The van der Waals surface area contributed by atoms with Gasteiger partial charge >= 0.3 is 0 Å². The Balaban J connectivity index is 1.35. The predicted molar refractivity (Wildman–Crippen MR) is 146 cm³/mol. The first-order valence-corrected chi connectivity index (χ1v) is 13.5. The van der Waals surface area contributed by atoms with Gasteiger partial charge in [0.05, 0.1) is 38.6 Å². The minimum atomic E-state index is -0.797. The van der Waals surface area contributed by atoms with Gasteiger partial charge in [0.2, 0.25) is 0 Å². The van der Waals surface area contributed by atoms with E-state index < -0.39 is 5.54 Å². The lowest BCUT2D eigenvalue weighted by Crippen LogP contribution is -2.52. The molecule has 6 heteroatoms. The van der Waals surface area contributed by atoms with Gasteiger partial charge in [-0.3, -0.25) is 4.90 Å². The van der Waals surface area contributed by atoms with E-state index in [-0.39, 0.29) is 12.2 Å². The van der Waals surface area contributed by atoms with Gasteiger partial charge in [-0.15, -0.1) is 0 Å². The van der Waals surface area contributed by atoms with Crippen LogP contribution in [0, 0.1) is 11.3 Å². The second-order valence-corrected chi connectivity index (χ2v) is 10.0. The topological polar surface area (TPSA) is 64.0 Å². The fourth-order valence-corrected chi connectivity index (χ4v) is 5.57. The highest BCUT2D eigenvalue weighted by atomic mass is 16.5. The molecule has 3 atom stereocenters. The van der Waals surface area contributed by atoms with Gasteiger partial charge in [-0.05, 0) is 60.2 Å². The van der Waals surface area contributed by atoms with Crippen molar-refractivity contribution in [2.24, 2.45) is 0 Å². The molecular weight excluding hydrogens is 476 g/mol. The summed E-state index contributed by atoms with van der Waals surface area (Å²) in [6, 6.07) is 29.0. The van der Waals surface area contributed by atoms with Crippen molar-refractivity contribution < 1.29 is 18.9 Å². The molecule has 2 aliphatic heterocycles. The molecule has 3 aromatic rings. The third-order valence-electron chi connectivity index (χ3n) is 7.68. The Labute approximate surface area is 225 Å². The van der Waals surface area contributed by atoms with Gasteiger partial charge in [-0.2, -0.15) is 5.26 Å². The van der Waals surface area contributed by atoms with Crippen LogP contribution in [0.15, 0.2) is 78.9 Å². The van der Waals surface area contributed by atoms with Crippen LogP contribution in [0.1, 0.15) is 48.5 Å². The number of methoxy groups -OCH3 is 1. The fourth-order valence-electron chi connectivity index (χ4n) is 5.57. The number of benzene rings is 3. The molecule has 0 amide bonds. The van der Waals surface area contributed by atoms with Crippen molar-refractivity contribution in [2.45, 2.75) is 50.0 Å². The lowest BCUT2D eigenvalue weighted by atomic mass is 9.81. The molecule has 0 aromatic heterocycles. The van der Waals surface area contributed by atoms with E-state index >= 15 is 0 Å². The normalized spacial score (nSPS) is 21.7. The largest absolute Gasteiger partial charge is 0.497 e. The van der Waals surface area contributed by atoms with Gasteiger partial charge in [-0.25, -0.2) is 0 Å². The van der Waals surface area contributed by atoms with Gasteiger partial charge in [0.1, 0.15) is 23.6 Å². The van der Waals surface area contributed by atoms with Crippen molar-refractivity contribution in [3.8, 4) is 17.6 Å². The van der Waals surface area contributed by atoms with E-state index in [0.717, 1.165) is 47.5 Å². The lowest BCUT2D eigenvalue weighted by molar-refractivity contribution is -0.0842. The Kier molecular flexibility index (Phi) is 8.60. The van der Waals surface area contributed by atoms with Gasteiger partial charge < -0.3 is 18.9 Å². The Morgan fingerprint density at radius 2 is 1.63 bits per heavy atom. The summed E-state index contributed by atoms with van der Waals surface area (Å²) in [6.07, 6.45) is 3.60. The van der Waals surface area contributed by atoms with E-state index in [4.69, 9.17) is 18.9 Å². The average molecular weight is 513 g/mol. The summed E-state index contributed by atoms with van der Waals surface area (Å²) >= 11 is 0. The van der Waals surface area contributed by atoms with Gasteiger partial charge in [0.15, 0.2) is 0 Å². The molecule has 0 aliphatic carbocycles. The highest BCUT2D eigenvalue weighted by molar-refractivity contribution is 5.37. The van der Waals surface area contributed by atoms with Gasteiger partial charge in [0, 0.05) is 19.5 Å². The first-order valence-electron chi connectivity index (χ1n) is 13.5. The summed E-state index contributed by atoms with van der Waals surface area (Å²) in [6.45, 7) is 3.20. The SMILES string of the molecule is COc1ccc([C@H]2CCC[C@@H](CC(C#N)(c3ccc(OCc4ccccc4)cc3)N3CCOCC3)O2)cc1. The molecule has 0 bridgehead atoms. The molecule has 198 valence electrons. The van der Waals surface area contributed by atoms with Crippen LogP contribution in [0.2, 0.25) is 0 Å².